The molecule has 1 heterocycles. The van der Waals surface area contributed by atoms with Gasteiger partial charge in [-0.3, -0.25) is 9.59 Å². The van der Waals surface area contributed by atoms with Crippen LogP contribution >= 0.6 is 0 Å². The predicted octanol–water partition coefficient (Wildman–Crippen LogP) is 2.97. The molecule has 5 heteroatoms. The summed E-state index contributed by atoms with van der Waals surface area (Å²) in [5.74, 6) is -0.0817. The molecule has 128 valence electrons. The van der Waals surface area contributed by atoms with Gasteiger partial charge in [0.2, 0.25) is 5.91 Å². The normalized spacial score (nSPS) is 12.1. The van der Waals surface area contributed by atoms with Crippen LogP contribution in [0, 0.1) is 6.92 Å². The average molecular weight is 335 g/mol. The van der Waals surface area contributed by atoms with Gasteiger partial charge in [-0.05, 0) is 31.5 Å². The van der Waals surface area contributed by atoms with Crippen molar-refractivity contribution in [1.29, 1.82) is 0 Å². The minimum atomic E-state index is -0.150. The van der Waals surface area contributed by atoms with Gasteiger partial charge < -0.3 is 9.88 Å². The summed E-state index contributed by atoms with van der Waals surface area (Å²) in [7, 11) is 0. The number of amides is 1. The fraction of sp³-hybridized carbons (Fsp3) is 0.250. The summed E-state index contributed by atoms with van der Waals surface area (Å²) in [6.45, 7) is 3.98. The van der Waals surface area contributed by atoms with Crippen molar-refractivity contribution in [3.63, 3.8) is 0 Å². The zero-order valence-electron chi connectivity index (χ0n) is 14.4. The Balaban J connectivity index is 1.73. The van der Waals surface area contributed by atoms with Gasteiger partial charge in [0.15, 0.2) is 0 Å². The minimum Gasteiger partial charge on any atom is -0.350 e. The van der Waals surface area contributed by atoms with Crippen LogP contribution in [-0.4, -0.2) is 15.5 Å². The van der Waals surface area contributed by atoms with Crippen molar-refractivity contribution in [3.05, 3.63) is 76.2 Å². The number of benzene rings is 2. The lowest BCUT2D eigenvalue weighted by molar-refractivity contribution is -0.121. The SMILES string of the molecule is Cc1nc2ccccc2n(CCC(=O)N[C@@H](C)c2ccccc2)c1=O. The fourth-order valence-electron chi connectivity index (χ4n) is 2.89. The Morgan fingerprint density at radius 1 is 1.12 bits per heavy atom. The van der Waals surface area contributed by atoms with E-state index in [1.807, 2.05) is 61.5 Å². The maximum Gasteiger partial charge on any atom is 0.272 e. The lowest BCUT2D eigenvalue weighted by Crippen LogP contribution is -2.30. The van der Waals surface area contributed by atoms with Crippen molar-refractivity contribution in [2.75, 3.05) is 0 Å². The Morgan fingerprint density at radius 3 is 2.56 bits per heavy atom. The van der Waals surface area contributed by atoms with E-state index in [9.17, 15) is 9.59 Å². The third-order valence-electron chi connectivity index (χ3n) is 4.25. The Morgan fingerprint density at radius 2 is 1.80 bits per heavy atom. The molecule has 25 heavy (non-hydrogen) atoms. The number of rotatable bonds is 5. The van der Waals surface area contributed by atoms with Gasteiger partial charge in [0.05, 0.1) is 17.1 Å². The quantitative estimate of drug-likeness (QED) is 0.779. The second kappa shape index (κ2) is 7.30. The Hall–Kier alpha value is -2.95. The fourth-order valence-corrected chi connectivity index (χ4v) is 2.89. The molecule has 1 atom stereocenters. The molecule has 1 N–H and O–H groups in total. The summed E-state index contributed by atoms with van der Waals surface area (Å²) in [6.07, 6.45) is 0.241. The van der Waals surface area contributed by atoms with Gasteiger partial charge in [0.1, 0.15) is 5.69 Å². The summed E-state index contributed by atoms with van der Waals surface area (Å²) < 4.78 is 1.63. The molecular weight excluding hydrogens is 314 g/mol. The highest BCUT2D eigenvalue weighted by atomic mass is 16.2. The predicted molar refractivity (Wildman–Crippen MR) is 98.4 cm³/mol. The van der Waals surface area contributed by atoms with E-state index in [1.54, 1.807) is 11.5 Å². The van der Waals surface area contributed by atoms with Crippen molar-refractivity contribution in [3.8, 4) is 0 Å². The highest BCUT2D eigenvalue weighted by Gasteiger charge is 2.12. The number of nitrogens with one attached hydrogen (secondary N) is 1. The van der Waals surface area contributed by atoms with Crippen LogP contribution in [0.5, 0.6) is 0 Å². The highest BCUT2D eigenvalue weighted by molar-refractivity contribution is 5.77. The number of carbonyl (C=O) groups is 1. The molecule has 3 rings (SSSR count). The first-order valence-corrected chi connectivity index (χ1v) is 8.37. The molecule has 0 spiro atoms. The van der Waals surface area contributed by atoms with E-state index in [0.717, 1.165) is 16.6 Å². The van der Waals surface area contributed by atoms with E-state index in [0.29, 0.717) is 12.2 Å². The smallest absolute Gasteiger partial charge is 0.272 e. The van der Waals surface area contributed by atoms with Crippen LogP contribution in [-0.2, 0) is 11.3 Å². The van der Waals surface area contributed by atoms with Crippen molar-refractivity contribution in [1.82, 2.24) is 14.9 Å². The lowest BCUT2D eigenvalue weighted by Gasteiger charge is -2.15. The largest absolute Gasteiger partial charge is 0.350 e. The van der Waals surface area contributed by atoms with Gasteiger partial charge in [0, 0.05) is 13.0 Å². The standard InChI is InChI=1S/C20H21N3O2/c1-14(16-8-4-3-5-9-16)22-19(24)12-13-23-18-11-7-6-10-17(18)21-15(2)20(23)25/h3-11,14H,12-13H2,1-2H3,(H,22,24)/t14-/m0/s1. The Bertz CT molecular complexity index is 948. The molecule has 1 aromatic heterocycles. The molecule has 3 aromatic rings. The zero-order chi connectivity index (χ0) is 17.8. The van der Waals surface area contributed by atoms with E-state index >= 15 is 0 Å². The van der Waals surface area contributed by atoms with Crippen molar-refractivity contribution in [2.24, 2.45) is 0 Å². The molecule has 2 aromatic carbocycles. The average Bonchev–Trinajstić information content (AvgIpc) is 2.63. The highest BCUT2D eigenvalue weighted by Crippen LogP contribution is 2.12. The van der Waals surface area contributed by atoms with Crippen molar-refractivity contribution < 1.29 is 4.79 Å². The van der Waals surface area contributed by atoms with Crippen LogP contribution in [0.3, 0.4) is 0 Å². The minimum absolute atomic E-state index is 0.0682. The third-order valence-corrected chi connectivity index (χ3v) is 4.25. The van der Waals surface area contributed by atoms with E-state index in [1.165, 1.54) is 0 Å². The van der Waals surface area contributed by atoms with Gasteiger partial charge in [0.25, 0.3) is 5.56 Å². The first kappa shape index (κ1) is 16.9. The number of hydrogen-bond acceptors (Lipinski definition) is 3. The van der Waals surface area contributed by atoms with Crippen molar-refractivity contribution >= 4 is 16.9 Å². The summed E-state index contributed by atoms with van der Waals surface area (Å²) in [4.78, 5) is 29.0. The van der Waals surface area contributed by atoms with Crippen LogP contribution in [0.2, 0.25) is 0 Å². The van der Waals surface area contributed by atoms with E-state index < -0.39 is 0 Å². The van der Waals surface area contributed by atoms with Crippen LogP contribution in [0.4, 0.5) is 0 Å². The molecule has 0 aliphatic rings. The lowest BCUT2D eigenvalue weighted by atomic mass is 10.1. The molecule has 0 saturated carbocycles. The maximum absolute atomic E-state index is 12.4. The number of hydrogen-bond donors (Lipinski definition) is 1. The molecule has 0 fully saturated rings. The first-order valence-electron chi connectivity index (χ1n) is 8.37. The van der Waals surface area contributed by atoms with E-state index in [2.05, 4.69) is 10.3 Å². The van der Waals surface area contributed by atoms with Crippen LogP contribution in [0.1, 0.15) is 30.6 Å². The van der Waals surface area contributed by atoms with Crippen LogP contribution in [0.25, 0.3) is 11.0 Å². The number of para-hydroxylation sites is 2. The maximum atomic E-state index is 12.4. The molecule has 0 unspecified atom stereocenters. The summed E-state index contributed by atoms with van der Waals surface area (Å²) >= 11 is 0. The van der Waals surface area contributed by atoms with Gasteiger partial charge in [-0.25, -0.2) is 4.98 Å². The summed E-state index contributed by atoms with van der Waals surface area (Å²) in [6, 6.07) is 17.2. The van der Waals surface area contributed by atoms with E-state index in [4.69, 9.17) is 0 Å². The second-order valence-corrected chi connectivity index (χ2v) is 6.09. The van der Waals surface area contributed by atoms with E-state index in [-0.39, 0.29) is 23.9 Å². The zero-order valence-corrected chi connectivity index (χ0v) is 14.4. The topological polar surface area (TPSA) is 64.0 Å². The number of aryl methyl sites for hydroxylation is 2. The van der Waals surface area contributed by atoms with Gasteiger partial charge in [-0.1, -0.05) is 42.5 Å². The monoisotopic (exact) mass is 335 g/mol. The molecule has 0 bridgehead atoms. The summed E-state index contributed by atoms with van der Waals surface area (Å²) in [5, 5.41) is 2.98. The van der Waals surface area contributed by atoms with Gasteiger partial charge in [-0.2, -0.15) is 0 Å². The molecule has 0 aliphatic heterocycles. The Labute approximate surface area is 146 Å². The Kier molecular flexibility index (Phi) is 4.93. The molecular formula is C20H21N3O2. The molecule has 0 saturated heterocycles. The molecule has 1 amide bonds. The van der Waals surface area contributed by atoms with Gasteiger partial charge >= 0.3 is 0 Å². The number of carbonyl (C=O) groups excluding carboxylic acids is 1. The first-order chi connectivity index (χ1) is 12.1. The van der Waals surface area contributed by atoms with Crippen LogP contribution < -0.4 is 10.9 Å². The number of aromatic nitrogens is 2. The van der Waals surface area contributed by atoms with Crippen LogP contribution in [0.15, 0.2) is 59.4 Å². The summed E-state index contributed by atoms with van der Waals surface area (Å²) in [5.41, 5.74) is 2.86. The van der Waals surface area contributed by atoms with Crippen molar-refractivity contribution in [2.45, 2.75) is 32.9 Å². The molecule has 5 nitrogen and oxygen atoms in total. The third kappa shape index (κ3) is 3.76. The molecule has 0 radical (unpaired) electrons. The second-order valence-electron chi connectivity index (χ2n) is 6.09. The number of fused-ring (bicyclic) bond motifs is 1. The molecule has 0 aliphatic carbocycles. The van der Waals surface area contributed by atoms with Gasteiger partial charge in [-0.15, -0.1) is 0 Å². The number of nitrogens with zero attached hydrogens (tertiary/aromatic N) is 2.